The minimum atomic E-state index is -0.0270. The molecule has 22 heavy (non-hydrogen) atoms. The van der Waals surface area contributed by atoms with Crippen LogP contribution in [-0.2, 0) is 16.1 Å². The second-order valence-corrected chi connectivity index (χ2v) is 5.31. The number of rotatable bonds is 5. The maximum Gasteiger partial charge on any atom is 0.222 e. The Morgan fingerprint density at radius 3 is 3.05 bits per heavy atom. The fourth-order valence-corrected chi connectivity index (χ4v) is 2.40. The highest BCUT2D eigenvalue weighted by molar-refractivity contribution is 5.76. The average molecular weight is 300 g/mol. The van der Waals surface area contributed by atoms with Crippen LogP contribution in [0.5, 0.6) is 0 Å². The molecule has 1 unspecified atom stereocenters. The van der Waals surface area contributed by atoms with Crippen molar-refractivity contribution in [3.8, 4) is 5.69 Å². The van der Waals surface area contributed by atoms with Gasteiger partial charge in [0.15, 0.2) is 0 Å². The summed E-state index contributed by atoms with van der Waals surface area (Å²) in [7, 11) is 0. The molecule has 1 fully saturated rings. The first-order valence-corrected chi connectivity index (χ1v) is 7.49. The molecule has 0 aliphatic carbocycles. The minimum absolute atomic E-state index is 0.00108. The average Bonchev–Trinajstić information content (AvgIpc) is 3.04. The summed E-state index contributed by atoms with van der Waals surface area (Å²) in [5.41, 5.74) is 1.97. The molecular formula is C16H20N4O2. The summed E-state index contributed by atoms with van der Waals surface area (Å²) in [5.74, 6) is 0.00108. The van der Waals surface area contributed by atoms with E-state index in [0.29, 0.717) is 19.6 Å². The van der Waals surface area contributed by atoms with Gasteiger partial charge in [-0.1, -0.05) is 18.2 Å². The highest BCUT2D eigenvalue weighted by atomic mass is 16.5. The van der Waals surface area contributed by atoms with E-state index in [0.717, 1.165) is 24.3 Å². The predicted molar refractivity (Wildman–Crippen MR) is 82.6 cm³/mol. The Kier molecular flexibility index (Phi) is 4.82. The lowest BCUT2D eigenvalue weighted by Gasteiger charge is -2.22. The summed E-state index contributed by atoms with van der Waals surface area (Å²) in [6.45, 7) is 2.74. The third kappa shape index (κ3) is 3.93. The molecule has 1 aromatic carbocycles. The van der Waals surface area contributed by atoms with E-state index in [-0.39, 0.29) is 12.0 Å². The smallest absolute Gasteiger partial charge is 0.222 e. The number of hydrogen-bond acceptors (Lipinski definition) is 4. The number of aromatic nitrogens is 2. The molecule has 2 heterocycles. The maximum absolute atomic E-state index is 11.9. The molecule has 0 spiro atoms. The molecule has 2 N–H and O–H groups in total. The lowest BCUT2D eigenvalue weighted by atomic mass is 10.2. The van der Waals surface area contributed by atoms with Gasteiger partial charge in [0.05, 0.1) is 31.0 Å². The summed E-state index contributed by atoms with van der Waals surface area (Å²) in [4.78, 5) is 11.9. The lowest BCUT2D eigenvalue weighted by Crippen LogP contribution is -2.41. The first kappa shape index (κ1) is 14.7. The molecule has 3 rings (SSSR count). The first-order valence-electron chi connectivity index (χ1n) is 7.49. The largest absolute Gasteiger partial charge is 0.375 e. The second-order valence-electron chi connectivity index (χ2n) is 5.31. The molecule has 6 nitrogen and oxygen atoms in total. The Morgan fingerprint density at radius 1 is 1.41 bits per heavy atom. The van der Waals surface area contributed by atoms with E-state index in [2.05, 4.69) is 15.7 Å². The van der Waals surface area contributed by atoms with Crippen LogP contribution in [0.25, 0.3) is 5.69 Å². The quantitative estimate of drug-likeness (QED) is 0.860. The Balaban J connectivity index is 1.49. The molecule has 0 bridgehead atoms. The van der Waals surface area contributed by atoms with Gasteiger partial charge in [0, 0.05) is 31.4 Å². The van der Waals surface area contributed by atoms with Gasteiger partial charge in [-0.05, 0) is 12.1 Å². The Morgan fingerprint density at radius 2 is 2.27 bits per heavy atom. The van der Waals surface area contributed by atoms with Gasteiger partial charge in [0.25, 0.3) is 0 Å². The molecule has 1 atom stereocenters. The second kappa shape index (κ2) is 7.20. The molecule has 1 aromatic heterocycles. The van der Waals surface area contributed by atoms with Crippen molar-refractivity contribution in [3.63, 3.8) is 0 Å². The molecule has 6 heteroatoms. The molecule has 0 radical (unpaired) electrons. The van der Waals surface area contributed by atoms with Crippen molar-refractivity contribution in [3.05, 3.63) is 48.3 Å². The zero-order chi connectivity index (χ0) is 15.2. The van der Waals surface area contributed by atoms with Crippen LogP contribution < -0.4 is 10.6 Å². The van der Waals surface area contributed by atoms with E-state index in [1.807, 2.05) is 36.5 Å². The fraction of sp³-hybridized carbons (Fsp3) is 0.375. The van der Waals surface area contributed by atoms with E-state index in [1.165, 1.54) is 0 Å². The predicted octanol–water partition coefficient (Wildman–Crippen LogP) is 0.867. The molecule has 1 aliphatic heterocycles. The van der Waals surface area contributed by atoms with Crippen molar-refractivity contribution in [2.75, 3.05) is 19.7 Å². The topological polar surface area (TPSA) is 68.2 Å². The van der Waals surface area contributed by atoms with Crippen LogP contribution in [0.4, 0.5) is 0 Å². The number of nitrogens with one attached hydrogen (secondary N) is 2. The van der Waals surface area contributed by atoms with Crippen LogP contribution >= 0.6 is 0 Å². The van der Waals surface area contributed by atoms with Crippen molar-refractivity contribution in [1.82, 2.24) is 20.4 Å². The summed E-state index contributed by atoms with van der Waals surface area (Å²) in [6, 6.07) is 9.88. The van der Waals surface area contributed by atoms with Gasteiger partial charge in [-0.15, -0.1) is 0 Å². The Hall–Kier alpha value is -2.18. The van der Waals surface area contributed by atoms with Crippen LogP contribution in [0, 0.1) is 0 Å². The molecule has 116 valence electrons. The molecular weight excluding hydrogens is 280 g/mol. The minimum Gasteiger partial charge on any atom is -0.375 e. The summed E-state index contributed by atoms with van der Waals surface area (Å²) in [5, 5.41) is 10.4. The molecule has 2 aromatic rings. The number of para-hydroxylation sites is 1. The standard InChI is InChI=1S/C16H20N4O2/c21-16(8-15-11-17-6-7-22-15)18-9-13-10-19-20(12-13)14-4-2-1-3-5-14/h1-5,10,12,15,17H,6-9,11H2,(H,18,21). The number of carbonyl (C=O) groups is 1. The monoisotopic (exact) mass is 300 g/mol. The number of hydrogen-bond donors (Lipinski definition) is 2. The number of amides is 1. The van der Waals surface area contributed by atoms with Gasteiger partial charge in [0.2, 0.25) is 5.91 Å². The lowest BCUT2D eigenvalue weighted by molar-refractivity contribution is -0.124. The van der Waals surface area contributed by atoms with Gasteiger partial charge in [0.1, 0.15) is 0 Å². The molecule has 1 saturated heterocycles. The molecule has 1 amide bonds. The van der Waals surface area contributed by atoms with Gasteiger partial charge in [-0.2, -0.15) is 5.10 Å². The normalized spacial score (nSPS) is 18.1. The van der Waals surface area contributed by atoms with E-state index < -0.39 is 0 Å². The van der Waals surface area contributed by atoms with Gasteiger partial charge >= 0.3 is 0 Å². The highest BCUT2D eigenvalue weighted by Crippen LogP contribution is 2.08. The van der Waals surface area contributed by atoms with Crippen LogP contribution in [0.2, 0.25) is 0 Å². The van der Waals surface area contributed by atoms with Crippen molar-refractivity contribution in [2.24, 2.45) is 0 Å². The van der Waals surface area contributed by atoms with Crippen molar-refractivity contribution in [2.45, 2.75) is 19.1 Å². The number of nitrogens with zero attached hydrogens (tertiary/aromatic N) is 2. The van der Waals surface area contributed by atoms with Crippen LogP contribution in [-0.4, -0.2) is 41.5 Å². The van der Waals surface area contributed by atoms with E-state index in [4.69, 9.17) is 4.74 Å². The molecule has 0 saturated carbocycles. The highest BCUT2D eigenvalue weighted by Gasteiger charge is 2.17. The zero-order valence-corrected chi connectivity index (χ0v) is 12.4. The van der Waals surface area contributed by atoms with Crippen LogP contribution in [0.3, 0.4) is 0 Å². The first-order chi connectivity index (χ1) is 10.8. The zero-order valence-electron chi connectivity index (χ0n) is 12.4. The third-order valence-electron chi connectivity index (χ3n) is 3.56. The van der Waals surface area contributed by atoms with Crippen molar-refractivity contribution < 1.29 is 9.53 Å². The van der Waals surface area contributed by atoms with Gasteiger partial charge in [-0.25, -0.2) is 4.68 Å². The van der Waals surface area contributed by atoms with Crippen molar-refractivity contribution >= 4 is 5.91 Å². The maximum atomic E-state index is 11.9. The van der Waals surface area contributed by atoms with E-state index in [1.54, 1.807) is 10.9 Å². The summed E-state index contributed by atoms with van der Waals surface area (Å²) >= 11 is 0. The summed E-state index contributed by atoms with van der Waals surface area (Å²) in [6.07, 6.45) is 4.06. The van der Waals surface area contributed by atoms with Crippen molar-refractivity contribution in [1.29, 1.82) is 0 Å². The van der Waals surface area contributed by atoms with Gasteiger partial charge < -0.3 is 15.4 Å². The Bertz CT molecular complexity index is 606. The number of morpholine rings is 1. The van der Waals surface area contributed by atoms with E-state index >= 15 is 0 Å². The SMILES string of the molecule is O=C(CC1CNCCO1)NCc1cnn(-c2ccccc2)c1. The fourth-order valence-electron chi connectivity index (χ4n) is 2.40. The summed E-state index contributed by atoms with van der Waals surface area (Å²) < 4.78 is 7.32. The van der Waals surface area contributed by atoms with Crippen LogP contribution in [0.1, 0.15) is 12.0 Å². The Labute approximate surface area is 129 Å². The van der Waals surface area contributed by atoms with Gasteiger partial charge in [-0.3, -0.25) is 4.79 Å². The number of benzene rings is 1. The van der Waals surface area contributed by atoms with E-state index in [9.17, 15) is 4.79 Å². The number of ether oxygens (including phenoxy) is 1. The number of carbonyl (C=O) groups excluding carboxylic acids is 1. The molecule has 1 aliphatic rings. The van der Waals surface area contributed by atoms with Crippen LogP contribution in [0.15, 0.2) is 42.7 Å². The third-order valence-corrected chi connectivity index (χ3v) is 3.56.